The molecule has 8 heteroatoms. The van der Waals surface area contributed by atoms with Gasteiger partial charge in [0.25, 0.3) is 5.91 Å². The number of urea groups is 1. The normalized spacial score (nSPS) is 23.7. The van der Waals surface area contributed by atoms with Gasteiger partial charge in [-0.3, -0.25) is 9.69 Å². The zero-order chi connectivity index (χ0) is 15.9. The summed E-state index contributed by atoms with van der Waals surface area (Å²) in [7, 11) is 0. The molecule has 0 unspecified atom stereocenters. The fourth-order valence-electron chi connectivity index (χ4n) is 2.81. The molecule has 23 heavy (non-hydrogen) atoms. The Morgan fingerprint density at radius 1 is 1.30 bits per heavy atom. The molecule has 0 bridgehead atoms. The zero-order valence-electron chi connectivity index (χ0n) is 12.2. The largest absolute Gasteiger partial charge is 0.337 e. The van der Waals surface area contributed by atoms with Gasteiger partial charge in [-0.05, 0) is 12.2 Å². The molecular formula is C15H14N4O3S. The maximum Gasteiger partial charge on any atom is 0.325 e. The third-order valence-electron chi connectivity index (χ3n) is 4.06. The summed E-state index contributed by atoms with van der Waals surface area (Å²) in [6.45, 7) is -0.00306. The van der Waals surface area contributed by atoms with Crippen LogP contribution in [0.3, 0.4) is 0 Å². The second-order valence-corrected chi connectivity index (χ2v) is 6.69. The first-order valence-corrected chi connectivity index (χ1v) is 8.43. The average molecular weight is 330 g/mol. The van der Waals surface area contributed by atoms with Gasteiger partial charge in [0, 0.05) is 11.3 Å². The molecule has 1 aromatic carbocycles. The number of nitrogens with zero attached hydrogens (tertiary/aromatic N) is 3. The van der Waals surface area contributed by atoms with Crippen LogP contribution >= 0.6 is 11.8 Å². The predicted molar refractivity (Wildman–Crippen MR) is 83.5 cm³/mol. The summed E-state index contributed by atoms with van der Waals surface area (Å²) < 4.78 is 5.19. The van der Waals surface area contributed by atoms with Gasteiger partial charge in [0.1, 0.15) is 12.1 Å². The third kappa shape index (κ3) is 2.39. The smallest absolute Gasteiger partial charge is 0.325 e. The standard InChI is InChI=1S/C15H14N4O3S/c20-13-15(6-7-23-9-15)17-14(21)19(13)8-11-16-12(18-22-11)10-4-2-1-3-5-10/h1-5H,6-9H2,(H,17,21)/t15-/m0/s1. The Balaban J connectivity index is 1.54. The van der Waals surface area contributed by atoms with E-state index in [0.29, 0.717) is 18.0 Å². The number of amides is 3. The molecular weight excluding hydrogens is 316 g/mol. The van der Waals surface area contributed by atoms with Crippen molar-refractivity contribution in [3.63, 3.8) is 0 Å². The highest BCUT2D eigenvalue weighted by Crippen LogP contribution is 2.33. The van der Waals surface area contributed by atoms with Gasteiger partial charge in [-0.1, -0.05) is 35.5 Å². The lowest BCUT2D eigenvalue weighted by atomic mass is 9.99. The van der Waals surface area contributed by atoms with Gasteiger partial charge in [-0.25, -0.2) is 4.79 Å². The van der Waals surface area contributed by atoms with E-state index in [-0.39, 0.29) is 18.3 Å². The van der Waals surface area contributed by atoms with Crippen LogP contribution in [0.15, 0.2) is 34.9 Å². The zero-order valence-corrected chi connectivity index (χ0v) is 13.0. The monoisotopic (exact) mass is 330 g/mol. The van der Waals surface area contributed by atoms with Crippen LogP contribution in [0.5, 0.6) is 0 Å². The molecule has 1 atom stereocenters. The molecule has 2 aromatic rings. The van der Waals surface area contributed by atoms with Crippen LogP contribution in [-0.4, -0.2) is 44.0 Å². The summed E-state index contributed by atoms with van der Waals surface area (Å²) in [6, 6.07) is 9.00. The van der Waals surface area contributed by atoms with Crippen molar-refractivity contribution in [1.82, 2.24) is 20.4 Å². The number of carbonyl (C=O) groups excluding carboxylic acids is 2. The van der Waals surface area contributed by atoms with Crippen molar-refractivity contribution >= 4 is 23.7 Å². The van der Waals surface area contributed by atoms with Crippen LogP contribution in [0, 0.1) is 0 Å². The Morgan fingerprint density at radius 3 is 2.87 bits per heavy atom. The van der Waals surface area contributed by atoms with Crippen LogP contribution in [-0.2, 0) is 11.3 Å². The number of imide groups is 1. The molecule has 2 aliphatic heterocycles. The topological polar surface area (TPSA) is 88.3 Å². The maximum absolute atomic E-state index is 12.6. The second kappa shape index (κ2) is 5.38. The Kier molecular flexibility index (Phi) is 3.33. The fraction of sp³-hybridized carbons (Fsp3) is 0.333. The summed E-state index contributed by atoms with van der Waals surface area (Å²) in [5.41, 5.74) is 0.0766. The van der Waals surface area contributed by atoms with Crippen molar-refractivity contribution in [3.8, 4) is 11.4 Å². The minimum Gasteiger partial charge on any atom is -0.337 e. The quantitative estimate of drug-likeness (QED) is 0.861. The maximum atomic E-state index is 12.6. The van der Waals surface area contributed by atoms with Crippen LogP contribution in [0.2, 0.25) is 0 Å². The molecule has 3 heterocycles. The molecule has 0 aliphatic carbocycles. The van der Waals surface area contributed by atoms with Crippen molar-refractivity contribution in [1.29, 1.82) is 0 Å². The number of thioether (sulfide) groups is 1. The van der Waals surface area contributed by atoms with Gasteiger partial charge in [-0.2, -0.15) is 16.7 Å². The SMILES string of the molecule is O=C1N[C@]2(CCSC2)C(=O)N1Cc1nc(-c2ccccc2)no1. The Bertz CT molecular complexity index is 755. The number of benzene rings is 1. The molecule has 2 aliphatic rings. The lowest BCUT2D eigenvalue weighted by molar-refractivity contribution is -0.131. The van der Waals surface area contributed by atoms with Gasteiger partial charge in [-0.15, -0.1) is 0 Å². The summed E-state index contributed by atoms with van der Waals surface area (Å²) >= 11 is 1.67. The summed E-state index contributed by atoms with van der Waals surface area (Å²) in [4.78, 5) is 30.1. The van der Waals surface area contributed by atoms with Crippen LogP contribution in [0.1, 0.15) is 12.3 Å². The minimum atomic E-state index is -0.746. The number of hydrogen-bond acceptors (Lipinski definition) is 6. The highest BCUT2D eigenvalue weighted by molar-refractivity contribution is 7.99. The second-order valence-electron chi connectivity index (χ2n) is 5.58. The molecule has 118 valence electrons. The molecule has 4 rings (SSSR count). The average Bonchev–Trinajstić information content (AvgIpc) is 3.27. The Morgan fingerprint density at radius 2 is 2.13 bits per heavy atom. The highest BCUT2D eigenvalue weighted by Gasteiger charge is 2.53. The van der Waals surface area contributed by atoms with Gasteiger partial charge in [0.2, 0.25) is 11.7 Å². The minimum absolute atomic E-state index is 0.00306. The number of carbonyl (C=O) groups is 2. The summed E-state index contributed by atoms with van der Waals surface area (Å²) in [5.74, 6) is 1.98. The molecule has 1 N–H and O–H groups in total. The Hall–Kier alpha value is -2.35. The van der Waals surface area contributed by atoms with E-state index in [9.17, 15) is 9.59 Å². The van der Waals surface area contributed by atoms with E-state index in [2.05, 4.69) is 15.5 Å². The first-order chi connectivity index (χ1) is 11.2. The van der Waals surface area contributed by atoms with Crippen molar-refractivity contribution in [2.24, 2.45) is 0 Å². The van der Waals surface area contributed by atoms with Gasteiger partial charge >= 0.3 is 6.03 Å². The summed E-state index contributed by atoms with van der Waals surface area (Å²) in [6.07, 6.45) is 0.665. The molecule has 1 spiro atoms. The van der Waals surface area contributed by atoms with Crippen molar-refractivity contribution in [2.45, 2.75) is 18.5 Å². The van der Waals surface area contributed by atoms with Gasteiger partial charge < -0.3 is 9.84 Å². The van der Waals surface area contributed by atoms with E-state index in [4.69, 9.17) is 4.52 Å². The van der Waals surface area contributed by atoms with E-state index >= 15 is 0 Å². The van der Waals surface area contributed by atoms with E-state index in [1.807, 2.05) is 30.3 Å². The number of hydrogen-bond donors (Lipinski definition) is 1. The van der Waals surface area contributed by atoms with E-state index in [0.717, 1.165) is 16.2 Å². The molecule has 0 radical (unpaired) electrons. The van der Waals surface area contributed by atoms with E-state index in [1.54, 1.807) is 11.8 Å². The van der Waals surface area contributed by atoms with Gasteiger partial charge in [0.05, 0.1) is 0 Å². The number of rotatable bonds is 3. The van der Waals surface area contributed by atoms with Crippen LogP contribution in [0.4, 0.5) is 4.79 Å². The molecule has 2 saturated heterocycles. The molecule has 3 amide bonds. The lowest BCUT2D eigenvalue weighted by Gasteiger charge is -2.18. The third-order valence-corrected chi connectivity index (χ3v) is 5.25. The highest BCUT2D eigenvalue weighted by atomic mass is 32.2. The Labute approximate surface area is 136 Å². The van der Waals surface area contributed by atoms with Crippen LogP contribution in [0.25, 0.3) is 11.4 Å². The van der Waals surface area contributed by atoms with Crippen molar-refractivity contribution < 1.29 is 14.1 Å². The van der Waals surface area contributed by atoms with Gasteiger partial charge in [0.15, 0.2) is 0 Å². The van der Waals surface area contributed by atoms with E-state index in [1.165, 1.54) is 0 Å². The molecule has 2 fully saturated rings. The molecule has 1 aromatic heterocycles. The van der Waals surface area contributed by atoms with Crippen molar-refractivity contribution in [2.75, 3.05) is 11.5 Å². The summed E-state index contributed by atoms with van der Waals surface area (Å²) in [5, 5.41) is 6.72. The van der Waals surface area contributed by atoms with Crippen molar-refractivity contribution in [3.05, 3.63) is 36.2 Å². The molecule has 0 saturated carbocycles. The first kappa shape index (κ1) is 14.3. The first-order valence-electron chi connectivity index (χ1n) is 7.28. The fourth-order valence-corrected chi connectivity index (χ4v) is 4.14. The lowest BCUT2D eigenvalue weighted by Crippen LogP contribution is -2.46. The predicted octanol–water partition coefficient (Wildman–Crippen LogP) is 1.66. The van der Waals surface area contributed by atoms with E-state index < -0.39 is 11.6 Å². The number of nitrogens with one attached hydrogen (secondary N) is 1. The number of aromatic nitrogens is 2. The molecule has 7 nitrogen and oxygen atoms in total. The van der Waals surface area contributed by atoms with Crippen LogP contribution < -0.4 is 5.32 Å².